The summed E-state index contributed by atoms with van der Waals surface area (Å²) in [6.45, 7) is 8.76. The number of ether oxygens (including phenoxy) is 1. The van der Waals surface area contributed by atoms with Crippen LogP contribution in [0.5, 0.6) is 0 Å². The van der Waals surface area contributed by atoms with Gasteiger partial charge in [0.05, 0.1) is 34.4 Å². The van der Waals surface area contributed by atoms with Gasteiger partial charge in [0.1, 0.15) is 11.0 Å². The number of hydrogen-bond donors (Lipinski definition) is 0. The van der Waals surface area contributed by atoms with Crippen molar-refractivity contribution in [3.63, 3.8) is 0 Å². The standard InChI is InChI=1S/C32H40N8O5/c1-35-13-14-36(2)16-18-38(24-28-12-10-26-6-4-8-30(40(43)44)32(26)34-28)20-22-45-21-19-37(17-15-35)23-27-11-9-25-5-3-7-29(39(41)42)31(25)33-27/h3-12H,13-24H2,1-2H3. The molecule has 4 aromatic rings. The molecule has 2 aromatic heterocycles. The van der Waals surface area contributed by atoms with E-state index in [0.29, 0.717) is 50.4 Å². The summed E-state index contributed by atoms with van der Waals surface area (Å²) in [4.78, 5) is 40.9. The van der Waals surface area contributed by atoms with Crippen LogP contribution in [-0.2, 0) is 17.8 Å². The summed E-state index contributed by atoms with van der Waals surface area (Å²) in [5.74, 6) is 0. The third-order valence-corrected chi connectivity index (χ3v) is 8.24. The molecule has 1 fully saturated rings. The van der Waals surface area contributed by atoms with Gasteiger partial charge in [-0.1, -0.05) is 36.4 Å². The molecule has 3 heterocycles. The largest absolute Gasteiger partial charge is 0.379 e. The second-order valence-electron chi connectivity index (χ2n) is 11.6. The van der Waals surface area contributed by atoms with Crippen molar-refractivity contribution in [3.8, 4) is 0 Å². The molecule has 1 saturated heterocycles. The Morgan fingerprint density at radius 2 is 1.04 bits per heavy atom. The summed E-state index contributed by atoms with van der Waals surface area (Å²) in [7, 11) is 4.24. The summed E-state index contributed by atoms with van der Waals surface area (Å²) in [6.07, 6.45) is 0. The van der Waals surface area contributed by atoms with Crippen LogP contribution < -0.4 is 0 Å². The second-order valence-corrected chi connectivity index (χ2v) is 11.6. The van der Waals surface area contributed by atoms with Crippen LogP contribution in [0.2, 0.25) is 0 Å². The van der Waals surface area contributed by atoms with Crippen LogP contribution in [0.1, 0.15) is 11.4 Å². The van der Waals surface area contributed by atoms with Gasteiger partial charge in [-0.3, -0.25) is 30.0 Å². The molecule has 0 radical (unpaired) electrons. The van der Waals surface area contributed by atoms with Gasteiger partial charge >= 0.3 is 0 Å². The predicted octanol–water partition coefficient (Wildman–Crippen LogP) is 3.80. The minimum absolute atomic E-state index is 0.0141. The molecule has 0 N–H and O–H groups in total. The Labute approximate surface area is 262 Å². The number of likely N-dealkylation sites (N-methyl/N-ethyl adjacent to an activating group) is 2. The third-order valence-electron chi connectivity index (χ3n) is 8.24. The molecule has 0 aliphatic carbocycles. The number of non-ortho nitro benzene ring substituents is 2. The zero-order valence-corrected chi connectivity index (χ0v) is 25.9. The van der Waals surface area contributed by atoms with Crippen LogP contribution in [0.25, 0.3) is 21.8 Å². The smallest absolute Gasteiger partial charge is 0.295 e. The first kappa shape index (κ1) is 32.3. The van der Waals surface area contributed by atoms with Gasteiger partial charge in [-0.25, -0.2) is 9.97 Å². The molecule has 0 amide bonds. The fourth-order valence-electron chi connectivity index (χ4n) is 5.49. The molecule has 5 rings (SSSR count). The number of aromatic nitrogens is 2. The van der Waals surface area contributed by atoms with E-state index in [4.69, 9.17) is 4.74 Å². The predicted molar refractivity (Wildman–Crippen MR) is 173 cm³/mol. The lowest BCUT2D eigenvalue weighted by Gasteiger charge is -2.27. The average molecular weight is 617 g/mol. The van der Waals surface area contributed by atoms with Gasteiger partial charge in [0.25, 0.3) is 11.4 Å². The van der Waals surface area contributed by atoms with Crippen molar-refractivity contribution in [3.05, 3.63) is 92.3 Å². The van der Waals surface area contributed by atoms with Crippen molar-refractivity contribution in [2.45, 2.75) is 13.1 Å². The van der Waals surface area contributed by atoms with Crippen LogP contribution in [0.15, 0.2) is 60.7 Å². The lowest BCUT2D eigenvalue weighted by molar-refractivity contribution is -0.383. The summed E-state index contributed by atoms with van der Waals surface area (Å²) < 4.78 is 6.11. The van der Waals surface area contributed by atoms with Crippen LogP contribution >= 0.6 is 0 Å². The zero-order valence-electron chi connectivity index (χ0n) is 25.9. The van der Waals surface area contributed by atoms with Crippen molar-refractivity contribution in [1.82, 2.24) is 29.6 Å². The van der Waals surface area contributed by atoms with Crippen molar-refractivity contribution >= 4 is 33.2 Å². The quantitative estimate of drug-likeness (QED) is 0.231. The number of benzene rings is 2. The zero-order chi connectivity index (χ0) is 31.8. The van der Waals surface area contributed by atoms with E-state index in [-0.39, 0.29) is 21.2 Å². The lowest BCUT2D eigenvalue weighted by atomic mass is 10.1. The van der Waals surface area contributed by atoms with E-state index in [1.165, 1.54) is 12.1 Å². The Balaban J connectivity index is 1.26. The lowest BCUT2D eigenvalue weighted by Crippen LogP contribution is -2.39. The maximum absolute atomic E-state index is 11.6. The van der Waals surface area contributed by atoms with E-state index in [1.807, 2.05) is 36.4 Å². The highest BCUT2D eigenvalue weighted by molar-refractivity contribution is 5.87. The molecule has 1 aliphatic heterocycles. The molecule has 0 atom stereocenters. The molecule has 0 spiro atoms. The molecule has 0 unspecified atom stereocenters. The Kier molecular flexibility index (Phi) is 10.9. The second kappa shape index (κ2) is 15.2. The summed E-state index contributed by atoms with van der Waals surface area (Å²) in [5.41, 5.74) is 2.41. The summed E-state index contributed by atoms with van der Waals surface area (Å²) in [5, 5.41) is 24.7. The Morgan fingerprint density at radius 3 is 1.47 bits per heavy atom. The van der Waals surface area contributed by atoms with E-state index < -0.39 is 0 Å². The summed E-state index contributed by atoms with van der Waals surface area (Å²) in [6, 6.07) is 17.7. The number of nitro benzene ring substituents is 2. The normalized spacial score (nSPS) is 17.6. The molecule has 13 nitrogen and oxygen atoms in total. The first-order valence-corrected chi connectivity index (χ1v) is 15.2. The number of pyridine rings is 2. The average Bonchev–Trinajstić information content (AvgIpc) is 3.03. The van der Waals surface area contributed by atoms with Gasteiger partial charge < -0.3 is 14.5 Å². The molecule has 2 aromatic carbocycles. The molecule has 0 bridgehead atoms. The monoisotopic (exact) mass is 616 g/mol. The van der Waals surface area contributed by atoms with Gasteiger partial charge in [-0.15, -0.1) is 0 Å². The van der Waals surface area contributed by atoms with Gasteiger partial charge in [0, 0.05) is 88.4 Å². The Bertz CT molecular complexity index is 1520. The van der Waals surface area contributed by atoms with E-state index >= 15 is 0 Å². The topological polar surface area (TPSA) is 134 Å². The minimum atomic E-state index is -0.382. The molecule has 238 valence electrons. The number of para-hydroxylation sites is 2. The Morgan fingerprint density at radius 1 is 0.622 bits per heavy atom. The first-order chi connectivity index (χ1) is 21.8. The van der Waals surface area contributed by atoms with Crippen molar-refractivity contribution < 1.29 is 14.6 Å². The number of nitrogens with zero attached hydrogens (tertiary/aromatic N) is 8. The van der Waals surface area contributed by atoms with Gasteiger partial charge in [-0.2, -0.15) is 0 Å². The third kappa shape index (κ3) is 8.74. The highest BCUT2D eigenvalue weighted by atomic mass is 16.6. The van der Waals surface area contributed by atoms with Crippen LogP contribution in [0.3, 0.4) is 0 Å². The van der Waals surface area contributed by atoms with Crippen LogP contribution in [0.4, 0.5) is 11.4 Å². The molecular formula is C32H40N8O5. The molecule has 0 saturated carbocycles. The number of hydrogen-bond acceptors (Lipinski definition) is 11. The SMILES string of the molecule is CN1CCN(C)CCN(Cc2ccc3cccc([N+](=O)[O-])c3n2)CCOCCN(Cc2ccc3cccc([N+](=O)[O-])c3n2)CC1. The summed E-state index contributed by atoms with van der Waals surface area (Å²) >= 11 is 0. The maximum atomic E-state index is 11.6. The van der Waals surface area contributed by atoms with Crippen molar-refractivity contribution in [2.24, 2.45) is 0 Å². The van der Waals surface area contributed by atoms with Gasteiger partial charge in [0.2, 0.25) is 0 Å². The first-order valence-electron chi connectivity index (χ1n) is 15.2. The molecule has 13 heteroatoms. The fourth-order valence-corrected chi connectivity index (χ4v) is 5.49. The highest BCUT2D eigenvalue weighted by Gasteiger charge is 2.17. The van der Waals surface area contributed by atoms with Crippen LogP contribution in [-0.4, -0.2) is 119 Å². The number of nitro groups is 2. The van der Waals surface area contributed by atoms with Crippen molar-refractivity contribution in [2.75, 3.05) is 79.7 Å². The van der Waals surface area contributed by atoms with Gasteiger partial charge in [0.15, 0.2) is 0 Å². The minimum Gasteiger partial charge on any atom is -0.379 e. The van der Waals surface area contributed by atoms with E-state index in [9.17, 15) is 20.2 Å². The van der Waals surface area contributed by atoms with Crippen molar-refractivity contribution in [1.29, 1.82) is 0 Å². The van der Waals surface area contributed by atoms with Gasteiger partial charge in [-0.05, 0) is 26.2 Å². The van der Waals surface area contributed by atoms with E-state index in [0.717, 1.165) is 61.4 Å². The van der Waals surface area contributed by atoms with E-state index in [1.54, 1.807) is 12.1 Å². The maximum Gasteiger partial charge on any atom is 0.295 e. The molecule has 45 heavy (non-hydrogen) atoms. The number of rotatable bonds is 6. The Hall–Kier alpha value is -4.14. The number of fused-ring (bicyclic) bond motifs is 2. The molecule has 1 aliphatic rings. The highest BCUT2D eigenvalue weighted by Crippen LogP contribution is 2.25. The van der Waals surface area contributed by atoms with E-state index in [2.05, 4.69) is 43.7 Å². The fraction of sp³-hybridized carbons (Fsp3) is 0.438. The van der Waals surface area contributed by atoms with Crippen LogP contribution in [0, 0.1) is 20.2 Å². The molecular weight excluding hydrogens is 576 g/mol.